The molecule has 0 saturated heterocycles. The standard InChI is InChI=1S/C12H11Cl2F2N3O/c13-4-3-10-7-19(18-17-10)6-8-5-9(14)1-2-11(8)20-12(15)16/h1-2,5,7,12H,3-4,6H2. The van der Waals surface area contributed by atoms with Gasteiger partial charge in [0.2, 0.25) is 0 Å². The van der Waals surface area contributed by atoms with Crippen LogP contribution >= 0.6 is 23.2 Å². The van der Waals surface area contributed by atoms with Crippen LogP contribution < -0.4 is 4.74 Å². The molecule has 0 fully saturated rings. The Morgan fingerprint density at radius 2 is 2.15 bits per heavy atom. The van der Waals surface area contributed by atoms with Crippen molar-refractivity contribution in [3.63, 3.8) is 0 Å². The van der Waals surface area contributed by atoms with Crippen LogP contribution in [0.3, 0.4) is 0 Å². The molecule has 0 unspecified atom stereocenters. The molecule has 0 spiro atoms. The lowest BCUT2D eigenvalue weighted by molar-refractivity contribution is -0.0505. The SMILES string of the molecule is FC(F)Oc1ccc(Cl)cc1Cn1cc(CCCl)nn1. The highest BCUT2D eigenvalue weighted by atomic mass is 35.5. The summed E-state index contributed by atoms with van der Waals surface area (Å²) in [6, 6.07) is 4.45. The smallest absolute Gasteiger partial charge is 0.387 e. The molecule has 2 aromatic rings. The van der Waals surface area contributed by atoms with E-state index in [9.17, 15) is 8.78 Å². The normalized spacial score (nSPS) is 11.1. The molecule has 1 aromatic heterocycles. The number of aryl methyl sites for hydroxylation is 1. The number of halogens is 4. The van der Waals surface area contributed by atoms with Gasteiger partial charge in [-0.2, -0.15) is 8.78 Å². The van der Waals surface area contributed by atoms with Crippen LogP contribution in [0.4, 0.5) is 8.78 Å². The van der Waals surface area contributed by atoms with Crippen molar-refractivity contribution in [2.75, 3.05) is 5.88 Å². The van der Waals surface area contributed by atoms with Gasteiger partial charge in [0.15, 0.2) is 0 Å². The summed E-state index contributed by atoms with van der Waals surface area (Å²) >= 11 is 11.5. The first-order valence-electron chi connectivity index (χ1n) is 5.76. The fraction of sp³-hybridized carbons (Fsp3) is 0.333. The van der Waals surface area contributed by atoms with Crippen LogP contribution in [-0.4, -0.2) is 27.5 Å². The van der Waals surface area contributed by atoms with Crippen LogP contribution in [-0.2, 0) is 13.0 Å². The first kappa shape index (κ1) is 15.0. The number of alkyl halides is 3. The van der Waals surface area contributed by atoms with E-state index in [0.29, 0.717) is 22.9 Å². The van der Waals surface area contributed by atoms with Crippen LogP contribution in [0.15, 0.2) is 24.4 Å². The maximum atomic E-state index is 12.3. The predicted octanol–water partition coefficient (Wildman–Crippen LogP) is 3.36. The van der Waals surface area contributed by atoms with Gasteiger partial charge in [-0.3, -0.25) is 0 Å². The molecule has 0 aliphatic rings. The third kappa shape index (κ3) is 4.05. The molecule has 0 aliphatic heterocycles. The summed E-state index contributed by atoms with van der Waals surface area (Å²) in [6.07, 6.45) is 2.30. The monoisotopic (exact) mass is 321 g/mol. The van der Waals surface area contributed by atoms with Crippen LogP contribution in [0.25, 0.3) is 0 Å². The second kappa shape index (κ2) is 6.85. The zero-order valence-electron chi connectivity index (χ0n) is 10.3. The van der Waals surface area contributed by atoms with Crippen molar-refractivity contribution in [2.24, 2.45) is 0 Å². The number of ether oxygens (including phenoxy) is 1. The molecule has 0 radical (unpaired) electrons. The van der Waals surface area contributed by atoms with Gasteiger partial charge in [-0.25, -0.2) is 4.68 Å². The minimum Gasteiger partial charge on any atom is -0.434 e. The lowest BCUT2D eigenvalue weighted by Gasteiger charge is -2.10. The number of nitrogens with zero attached hydrogens (tertiary/aromatic N) is 3. The number of aromatic nitrogens is 3. The lowest BCUT2D eigenvalue weighted by atomic mass is 10.2. The van der Waals surface area contributed by atoms with Crippen molar-refractivity contribution in [1.82, 2.24) is 15.0 Å². The van der Waals surface area contributed by atoms with E-state index in [0.717, 1.165) is 5.69 Å². The average molecular weight is 322 g/mol. The molecule has 0 atom stereocenters. The van der Waals surface area contributed by atoms with Crippen molar-refractivity contribution in [2.45, 2.75) is 19.6 Å². The Morgan fingerprint density at radius 1 is 1.35 bits per heavy atom. The minimum atomic E-state index is -2.89. The number of benzene rings is 1. The largest absolute Gasteiger partial charge is 0.434 e. The molecule has 0 amide bonds. The van der Waals surface area contributed by atoms with Gasteiger partial charge >= 0.3 is 6.61 Å². The molecule has 20 heavy (non-hydrogen) atoms. The number of hydrogen-bond acceptors (Lipinski definition) is 3. The fourth-order valence-electron chi connectivity index (χ4n) is 1.68. The van der Waals surface area contributed by atoms with Gasteiger partial charge in [0, 0.05) is 29.1 Å². The molecule has 0 saturated carbocycles. The second-order valence-corrected chi connectivity index (χ2v) is 4.79. The highest BCUT2D eigenvalue weighted by Gasteiger charge is 2.11. The molecule has 0 bridgehead atoms. The van der Waals surface area contributed by atoms with Gasteiger partial charge in [0.25, 0.3) is 0 Å². The molecule has 0 N–H and O–H groups in total. The first-order valence-corrected chi connectivity index (χ1v) is 6.68. The summed E-state index contributed by atoms with van der Waals surface area (Å²) in [7, 11) is 0. The van der Waals surface area contributed by atoms with Gasteiger partial charge < -0.3 is 4.74 Å². The van der Waals surface area contributed by atoms with Crippen molar-refractivity contribution < 1.29 is 13.5 Å². The Morgan fingerprint density at radius 3 is 2.85 bits per heavy atom. The minimum absolute atomic E-state index is 0.0683. The van der Waals surface area contributed by atoms with Crippen molar-refractivity contribution in [3.05, 3.63) is 40.7 Å². The Labute approximate surface area is 124 Å². The summed E-state index contributed by atoms with van der Waals surface area (Å²) < 4.78 is 30.7. The molecule has 8 heteroatoms. The van der Waals surface area contributed by atoms with Gasteiger partial charge in [-0.1, -0.05) is 16.8 Å². The van der Waals surface area contributed by atoms with Gasteiger partial charge in [0.05, 0.1) is 12.2 Å². The molecule has 1 heterocycles. The molecule has 0 aliphatic carbocycles. The molecular formula is C12H11Cl2F2N3O. The van der Waals surface area contributed by atoms with E-state index in [1.807, 2.05) is 0 Å². The molecule has 4 nitrogen and oxygen atoms in total. The molecule has 108 valence electrons. The highest BCUT2D eigenvalue weighted by molar-refractivity contribution is 6.30. The maximum Gasteiger partial charge on any atom is 0.387 e. The predicted molar refractivity (Wildman–Crippen MR) is 71.6 cm³/mol. The van der Waals surface area contributed by atoms with Crippen molar-refractivity contribution >= 4 is 23.2 Å². The number of rotatable bonds is 6. The van der Waals surface area contributed by atoms with E-state index in [1.54, 1.807) is 12.3 Å². The summed E-state index contributed by atoms with van der Waals surface area (Å²) in [6.45, 7) is -2.66. The van der Waals surface area contributed by atoms with Crippen LogP contribution in [0.2, 0.25) is 5.02 Å². The van der Waals surface area contributed by atoms with E-state index in [1.165, 1.54) is 16.8 Å². The maximum absolute atomic E-state index is 12.3. The Balaban J connectivity index is 2.19. The van der Waals surface area contributed by atoms with Gasteiger partial charge in [-0.15, -0.1) is 16.7 Å². The lowest BCUT2D eigenvalue weighted by Crippen LogP contribution is -2.07. The average Bonchev–Trinajstić information content (AvgIpc) is 2.80. The summed E-state index contributed by atoms with van der Waals surface area (Å²) in [5.74, 6) is 0.508. The van der Waals surface area contributed by atoms with E-state index < -0.39 is 6.61 Å². The Hall–Kier alpha value is -1.40. The third-order valence-electron chi connectivity index (χ3n) is 2.51. The summed E-state index contributed by atoms with van der Waals surface area (Å²) in [5.41, 5.74) is 1.23. The van der Waals surface area contributed by atoms with E-state index >= 15 is 0 Å². The Bertz CT molecular complexity index is 578. The number of hydrogen-bond donors (Lipinski definition) is 0. The molecular weight excluding hydrogens is 311 g/mol. The van der Waals surface area contributed by atoms with Crippen molar-refractivity contribution in [3.8, 4) is 5.75 Å². The molecule has 2 rings (SSSR count). The second-order valence-electron chi connectivity index (χ2n) is 3.98. The highest BCUT2D eigenvalue weighted by Crippen LogP contribution is 2.25. The fourth-order valence-corrected chi connectivity index (χ4v) is 2.07. The van der Waals surface area contributed by atoms with Crippen LogP contribution in [0.1, 0.15) is 11.3 Å². The van der Waals surface area contributed by atoms with Crippen molar-refractivity contribution in [1.29, 1.82) is 0 Å². The molecule has 1 aromatic carbocycles. The van der Waals surface area contributed by atoms with E-state index in [-0.39, 0.29) is 12.3 Å². The van der Waals surface area contributed by atoms with Crippen LogP contribution in [0.5, 0.6) is 5.75 Å². The van der Waals surface area contributed by atoms with Crippen LogP contribution in [0, 0.1) is 0 Å². The third-order valence-corrected chi connectivity index (χ3v) is 2.93. The van der Waals surface area contributed by atoms with E-state index in [4.69, 9.17) is 23.2 Å². The summed E-state index contributed by atoms with van der Waals surface area (Å²) in [4.78, 5) is 0. The van der Waals surface area contributed by atoms with Gasteiger partial charge in [-0.05, 0) is 18.2 Å². The topological polar surface area (TPSA) is 39.9 Å². The quantitative estimate of drug-likeness (QED) is 0.766. The Kier molecular flexibility index (Phi) is 5.14. The summed E-state index contributed by atoms with van der Waals surface area (Å²) in [5, 5.41) is 8.26. The first-order chi connectivity index (χ1) is 9.58. The van der Waals surface area contributed by atoms with E-state index in [2.05, 4.69) is 15.0 Å². The zero-order valence-corrected chi connectivity index (χ0v) is 11.8. The van der Waals surface area contributed by atoms with Gasteiger partial charge in [0.1, 0.15) is 5.75 Å². The zero-order chi connectivity index (χ0) is 14.5.